The fraction of sp³-hybridized carbons (Fsp3) is 0.538. The summed E-state index contributed by atoms with van der Waals surface area (Å²) in [5.74, 6) is -0.0453. The van der Waals surface area contributed by atoms with E-state index in [4.69, 9.17) is 17.3 Å². The van der Waals surface area contributed by atoms with Crippen LogP contribution in [0.1, 0.15) is 37.4 Å². The Morgan fingerprint density at radius 2 is 1.95 bits per heavy atom. The minimum atomic E-state index is -4.49. The van der Waals surface area contributed by atoms with Crippen molar-refractivity contribution in [3.8, 4) is 0 Å². The van der Waals surface area contributed by atoms with Crippen LogP contribution in [0.5, 0.6) is 0 Å². The molecule has 0 aliphatic rings. The van der Waals surface area contributed by atoms with Crippen molar-refractivity contribution in [3.63, 3.8) is 0 Å². The Kier molecular flexibility index (Phi) is 5.24. The Morgan fingerprint density at radius 3 is 2.37 bits per heavy atom. The second-order valence-electron chi connectivity index (χ2n) is 4.64. The molecule has 0 saturated heterocycles. The Labute approximate surface area is 115 Å². The molecule has 108 valence electrons. The maximum atomic E-state index is 12.6. The van der Waals surface area contributed by atoms with Crippen LogP contribution >= 0.6 is 11.6 Å². The summed E-state index contributed by atoms with van der Waals surface area (Å²) in [5, 5.41) is 9.56. The van der Waals surface area contributed by atoms with E-state index >= 15 is 0 Å². The number of aliphatic hydroxyl groups is 1. The molecule has 0 aromatic heterocycles. The van der Waals surface area contributed by atoms with Crippen LogP contribution in [0.2, 0.25) is 5.02 Å². The highest BCUT2D eigenvalue weighted by atomic mass is 35.5. The first-order valence-corrected chi connectivity index (χ1v) is 6.36. The minimum Gasteiger partial charge on any atom is -0.391 e. The van der Waals surface area contributed by atoms with Gasteiger partial charge in [-0.1, -0.05) is 37.9 Å². The Balaban J connectivity index is 3.01. The highest BCUT2D eigenvalue weighted by molar-refractivity contribution is 6.31. The van der Waals surface area contributed by atoms with E-state index in [1.165, 1.54) is 12.1 Å². The first-order chi connectivity index (χ1) is 8.68. The second-order valence-corrected chi connectivity index (χ2v) is 5.05. The average molecular weight is 296 g/mol. The molecular formula is C13H17ClF3NO. The highest BCUT2D eigenvalue weighted by Gasteiger charge is 2.33. The molecule has 0 aliphatic carbocycles. The van der Waals surface area contributed by atoms with Crippen LogP contribution < -0.4 is 5.73 Å². The molecule has 1 aromatic rings. The van der Waals surface area contributed by atoms with Crippen LogP contribution in [0.3, 0.4) is 0 Å². The lowest BCUT2D eigenvalue weighted by atomic mass is 9.91. The predicted octanol–water partition coefficient (Wildman–Crippen LogP) is 3.77. The van der Waals surface area contributed by atoms with Crippen LogP contribution in [0, 0.1) is 5.92 Å². The van der Waals surface area contributed by atoms with Crippen LogP contribution in [0.25, 0.3) is 0 Å². The number of benzene rings is 1. The van der Waals surface area contributed by atoms with Crippen molar-refractivity contribution in [1.82, 2.24) is 0 Å². The van der Waals surface area contributed by atoms with Gasteiger partial charge in [-0.05, 0) is 23.6 Å². The van der Waals surface area contributed by atoms with E-state index < -0.39 is 28.9 Å². The van der Waals surface area contributed by atoms with Crippen molar-refractivity contribution >= 4 is 11.6 Å². The van der Waals surface area contributed by atoms with Crippen molar-refractivity contribution < 1.29 is 18.3 Å². The lowest BCUT2D eigenvalue weighted by Gasteiger charge is -2.24. The van der Waals surface area contributed by atoms with Gasteiger partial charge < -0.3 is 10.8 Å². The lowest BCUT2D eigenvalue weighted by Crippen LogP contribution is -2.31. The van der Waals surface area contributed by atoms with Crippen molar-refractivity contribution in [2.45, 2.75) is 38.6 Å². The van der Waals surface area contributed by atoms with Gasteiger partial charge in [0.05, 0.1) is 22.7 Å². The first-order valence-electron chi connectivity index (χ1n) is 5.98. The van der Waals surface area contributed by atoms with Gasteiger partial charge >= 0.3 is 6.18 Å². The van der Waals surface area contributed by atoms with E-state index in [1.54, 1.807) is 0 Å². The molecule has 0 bridgehead atoms. The van der Waals surface area contributed by atoms with E-state index in [0.717, 1.165) is 12.5 Å². The third-order valence-electron chi connectivity index (χ3n) is 3.28. The zero-order chi connectivity index (χ0) is 14.8. The van der Waals surface area contributed by atoms with Gasteiger partial charge in [0.2, 0.25) is 0 Å². The van der Waals surface area contributed by atoms with Gasteiger partial charge in [-0.25, -0.2) is 0 Å². The molecule has 0 aliphatic heterocycles. The van der Waals surface area contributed by atoms with Gasteiger partial charge in [0.1, 0.15) is 0 Å². The molecule has 3 atom stereocenters. The molecule has 6 heteroatoms. The zero-order valence-electron chi connectivity index (χ0n) is 10.7. The predicted molar refractivity (Wildman–Crippen MR) is 68.8 cm³/mol. The third kappa shape index (κ3) is 3.84. The quantitative estimate of drug-likeness (QED) is 0.888. The summed E-state index contributed by atoms with van der Waals surface area (Å²) in [4.78, 5) is 0. The molecular weight excluding hydrogens is 279 g/mol. The number of hydrogen-bond donors (Lipinski definition) is 2. The van der Waals surface area contributed by atoms with Crippen LogP contribution in [-0.4, -0.2) is 11.2 Å². The summed E-state index contributed by atoms with van der Waals surface area (Å²) in [6.07, 6.45) is -4.59. The molecule has 0 saturated carbocycles. The number of hydrogen-bond acceptors (Lipinski definition) is 2. The van der Waals surface area contributed by atoms with Gasteiger partial charge in [-0.3, -0.25) is 0 Å². The lowest BCUT2D eigenvalue weighted by molar-refractivity contribution is -0.137. The van der Waals surface area contributed by atoms with Crippen LogP contribution in [0.4, 0.5) is 13.2 Å². The van der Waals surface area contributed by atoms with E-state index in [9.17, 15) is 18.3 Å². The number of rotatable bonds is 4. The molecule has 0 fully saturated rings. The number of aliphatic hydroxyl groups excluding tert-OH is 1. The van der Waals surface area contributed by atoms with E-state index in [2.05, 4.69) is 0 Å². The summed E-state index contributed by atoms with van der Waals surface area (Å²) in [7, 11) is 0. The Bertz CT molecular complexity index is 436. The van der Waals surface area contributed by atoms with Gasteiger partial charge in [0.15, 0.2) is 0 Å². The Morgan fingerprint density at radius 1 is 1.37 bits per heavy atom. The monoisotopic (exact) mass is 295 g/mol. The van der Waals surface area contributed by atoms with E-state index in [0.29, 0.717) is 5.56 Å². The normalized spacial score (nSPS) is 17.1. The molecule has 0 heterocycles. The Hall–Kier alpha value is -0.780. The molecule has 1 aromatic carbocycles. The minimum absolute atomic E-state index is 0.0453. The number of alkyl halides is 3. The summed E-state index contributed by atoms with van der Waals surface area (Å²) in [6.45, 7) is 3.73. The SMILES string of the molecule is CCC(C)[C@H](O)[C@H](N)c1ccc(C(F)(F)F)c(Cl)c1. The van der Waals surface area contributed by atoms with Crippen LogP contribution in [0.15, 0.2) is 18.2 Å². The van der Waals surface area contributed by atoms with E-state index in [1.807, 2.05) is 13.8 Å². The topological polar surface area (TPSA) is 46.2 Å². The van der Waals surface area contributed by atoms with Crippen molar-refractivity contribution in [2.75, 3.05) is 0 Å². The maximum absolute atomic E-state index is 12.6. The average Bonchev–Trinajstić information content (AvgIpc) is 2.34. The van der Waals surface area contributed by atoms with Crippen molar-refractivity contribution in [1.29, 1.82) is 0 Å². The summed E-state index contributed by atoms with van der Waals surface area (Å²) >= 11 is 5.62. The molecule has 2 nitrogen and oxygen atoms in total. The highest BCUT2D eigenvalue weighted by Crippen LogP contribution is 2.36. The molecule has 0 radical (unpaired) electrons. The summed E-state index contributed by atoms with van der Waals surface area (Å²) < 4.78 is 37.7. The van der Waals surface area contributed by atoms with Crippen molar-refractivity contribution in [2.24, 2.45) is 11.7 Å². The summed E-state index contributed by atoms with van der Waals surface area (Å²) in [5.41, 5.74) is 5.35. The number of halogens is 4. The van der Waals surface area contributed by atoms with Gasteiger partial charge in [-0.2, -0.15) is 13.2 Å². The first kappa shape index (κ1) is 16.3. The fourth-order valence-corrected chi connectivity index (χ4v) is 2.06. The molecule has 0 amide bonds. The fourth-order valence-electron chi connectivity index (χ4n) is 1.76. The second kappa shape index (κ2) is 6.11. The summed E-state index contributed by atoms with van der Waals surface area (Å²) in [6, 6.07) is 2.56. The smallest absolute Gasteiger partial charge is 0.391 e. The molecule has 3 N–H and O–H groups in total. The third-order valence-corrected chi connectivity index (χ3v) is 3.59. The molecule has 19 heavy (non-hydrogen) atoms. The van der Waals surface area contributed by atoms with Gasteiger partial charge in [0, 0.05) is 0 Å². The molecule has 1 rings (SSSR count). The standard InChI is InChI=1S/C13H17ClF3NO/c1-3-7(2)12(19)11(18)8-4-5-9(10(14)6-8)13(15,16)17/h4-7,11-12,19H,3,18H2,1-2H3/t7?,11-,12+/m1/s1. The van der Waals surface area contributed by atoms with Crippen molar-refractivity contribution in [3.05, 3.63) is 34.3 Å². The van der Waals surface area contributed by atoms with E-state index in [-0.39, 0.29) is 5.92 Å². The molecule has 0 spiro atoms. The maximum Gasteiger partial charge on any atom is 0.417 e. The zero-order valence-corrected chi connectivity index (χ0v) is 11.5. The molecule has 1 unspecified atom stereocenters. The van der Waals surface area contributed by atoms with Gasteiger partial charge in [-0.15, -0.1) is 0 Å². The van der Waals surface area contributed by atoms with Crippen LogP contribution in [-0.2, 0) is 6.18 Å². The largest absolute Gasteiger partial charge is 0.417 e. The number of nitrogens with two attached hydrogens (primary N) is 1. The van der Waals surface area contributed by atoms with Gasteiger partial charge in [0.25, 0.3) is 0 Å².